The maximum atomic E-state index is 12.4. The summed E-state index contributed by atoms with van der Waals surface area (Å²) < 4.78 is 5.15. The Balaban J connectivity index is 1.74. The lowest BCUT2D eigenvalue weighted by molar-refractivity contribution is -0.126. The normalized spacial score (nSPS) is 17.8. The molecule has 1 fully saturated rings. The van der Waals surface area contributed by atoms with Crippen LogP contribution in [-0.4, -0.2) is 43.6 Å². The fourth-order valence-electron chi connectivity index (χ4n) is 3.09. The van der Waals surface area contributed by atoms with Crippen molar-refractivity contribution in [3.63, 3.8) is 0 Å². The predicted molar refractivity (Wildman–Crippen MR) is 93.8 cm³/mol. The quantitative estimate of drug-likeness (QED) is 0.876. The largest absolute Gasteiger partial charge is 0.497 e. The average molecular weight is 318 g/mol. The molecule has 0 spiro atoms. The third-order valence-corrected chi connectivity index (χ3v) is 4.69. The molecule has 0 aliphatic carbocycles. The molecule has 1 heterocycles. The number of likely N-dealkylation sites (tertiary alicyclic amines) is 1. The van der Waals surface area contributed by atoms with Gasteiger partial charge in [-0.1, -0.05) is 31.4 Å². The van der Waals surface area contributed by atoms with E-state index in [1.165, 1.54) is 37.7 Å². The first-order valence-electron chi connectivity index (χ1n) is 8.85. The van der Waals surface area contributed by atoms with Gasteiger partial charge < -0.3 is 10.1 Å². The number of hydrogen-bond acceptors (Lipinski definition) is 3. The molecule has 1 saturated heterocycles. The molecule has 1 aromatic rings. The van der Waals surface area contributed by atoms with Crippen LogP contribution in [-0.2, 0) is 11.2 Å². The van der Waals surface area contributed by atoms with E-state index in [2.05, 4.69) is 10.2 Å². The van der Waals surface area contributed by atoms with Gasteiger partial charge in [0.2, 0.25) is 5.91 Å². The highest BCUT2D eigenvalue weighted by atomic mass is 16.5. The van der Waals surface area contributed by atoms with Crippen molar-refractivity contribution in [1.82, 2.24) is 10.2 Å². The molecule has 1 N–H and O–H groups in total. The Bertz CT molecular complexity index is 465. The summed E-state index contributed by atoms with van der Waals surface area (Å²) in [7, 11) is 1.67. The van der Waals surface area contributed by atoms with Crippen molar-refractivity contribution in [2.45, 2.75) is 51.5 Å². The zero-order valence-corrected chi connectivity index (χ0v) is 14.5. The first-order chi connectivity index (χ1) is 11.2. The Hall–Kier alpha value is -1.55. The fourth-order valence-corrected chi connectivity index (χ4v) is 3.09. The van der Waals surface area contributed by atoms with Crippen molar-refractivity contribution in [1.29, 1.82) is 0 Å². The zero-order chi connectivity index (χ0) is 16.5. The van der Waals surface area contributed by atoms with Crippen LogP contribution in [0.1, 0.15) is 44.6 Å². The van der Waals surface area contributed by atoms with Gasteiger partial charge in [0.25, 0.3) is 0 Å². The lowest BCUT2D eigenvalue weighted by Crippen LogP contribution is -2.46. The van der Waals surface area contributed by atoms with Crippen molar-refractivity contribution in [3.8, 4) is 5.75 Å². The summed E-state index contributed by atoms with van der Waals surface area (Å²) in [6.07, 6.45) is 7.20. The molecule has 1 aliphatic rings. The summed E-state index contributed by atoms with van der Waals surface area (Å²) in [4.78, 5) is 14.7. The third kappa shape index (κ3) is 5.87. The molecule has 0 bridgehead atoms. The van der Waals surface area contributed by atoms with Crippen molar-refractivity contribution < 1.29 is 9.53 Å². The molecule has 0 aromatic heterocycles. The van der Waals surface area contributed by atoms with Crippen molar-refractivity contribution in [2.75, 3.05) is 26.7 Å². The summed E-state index contributed by atoms with van der Waals surface area (Å²) >= 11 is 0. The average Bonchev–Trinajstić information content (AvgIpc) is 2.54. The van der Waals surface area contributed by atoms with Crippen molar-refractivity contribution in [3.05, 3.63) is 29.8 Å². The van der Waals surface area contributed by atoms with Gasteiger partial charge in [0.05, 0.1) is 13.2 Å². The lowest BCUT2D eigenvalue weighted by atomic mass is 10.1. The highest BCUT2D eigenvalue weighted by molar-refractivity contribution is 5.81. The topological polar surface area (TPSA) is 41.6 Å². The summed E-state index contributed by atoms with van der Waals surface area (Å²) in [6, 6.07) is 7.99. The van der Waals surface area contributed by atoms with E-state index in [1.807, 2.05) is 31.2 Å². The van der Waals surface area contributed by atoms with E-state index in [1.54, 1.807) is 7.11 Å². The highest BCUT2D eigenvalue weighted by Crippen LogP contribution is 2.13. The van der Waals surface area contributed by atoms with Gasteiger partial charge in [0.15, 0.2) is 0 Å². The minimum atomic E-state index is -0.0241. The monoisotopic (exact) mass is 318 g/mol. The molecule has 128 valence electrons. The van der Waals surface area contributed by atoms with Crippen molar-refractivity contribution in [2.24, 2.45) is 0 Å². The van der Waals surface area contributed by atoms with Gasteiger partial charge in [0, 0.05) is 6.54 Å². The van der Waals surface area contributed by atoms with E-state index in [0.717, 1.165) is 25.3 Å². The molecule has 1 aromatic carbocycles. The van der Waals surface area contributed by atoms with Crippen LogP contribution in [0.2, 0.25) is 0 Å². The van der Waals surface area contributed by atoms with E-state index in [-0.39, 0.29) is 11.9 Å². The maximum Gasteiger partial charge on any atom is 0.237 e. The van der Waals surface area contributed by atoms with Crippen LogP contribution < -0.4 is 10.1 Å². The summed E-state index contributed by atoms with van der Waals surface area (Å²) in [5, 5.41) is 3.08. The Labute approximate surface area is 140 Å². The number of benzene rings is 1. The van der Waals surface area contributed by atoms with Gasteiger partial charge >= 0.3 is 0 Å². The molecule has 1 amide bonds. The van der Waals surface area contributed by atoms with Crippen LogP contribution in [0.25, 0.3) is 0 Å². The molecule has 23 heavy (non-hydrogen) atoms. The van der Waals surface area contributed by atoms with E-state index in [9.17, 15) is 4.79 Å². The minimum Gasteiger partial charge on any atom is -0.497 e. The van der Waals surface area contributed by atoms with Gasteiger partial charge in [0.1, 0.15) is 5.75 Å². The molecule has 0 saturated carbocycles. The maximum absolute atomic E-state index is 12.4. The number of methoxy groups -OCH3 is 1. The first-order valence-corrected chi connectivity index (χ1v) is 8.85. The van der Waals surface area contributed by atoms with Crippen LogP contribution in [0.5, 0.6) is 5.75 Å². The molecule has 1 aliphatic heterocycles. The first kappa shape index (κ1) is 17.8. The minimum absolute atomic E-state index is 0.0241. The molecular formula is C19H30N2O2. The number of hydrogen-bond donors (Lipinski definition) is 1. The smallest absolute Gasteiger partial charge is 0.237 e. The SMILES string of the molecule is COc1ccc(CCNC(=O)C(C)N2CCCCCCC2)cc1. The van der Waals surface area contributed by atoms with Gasteiger partial charge in [-0.25, -0.2) is 0 Å². The Morgan fingerprint density at radius 1 is 1.13 bits per heavy atom. The standard InChI is InChI=1S/C19H30N2O2/c1-16(21-14-6-4-3-5-7-15-21)19(22)20-13-12-17-8-10-18(23-2)11-9-17/h8-11,16H,3-7,12-15H2,1-2H3,(H,20,22). The van der Waals surface area contributed by atoms with E-state index >= 15 is 0 Å². The molecule has 1 atom stereocenters. The van der Waals surface area contributed by atoms with E-state index in [0.29, 0.717) is 6.54 Å². The summed E-state index contributed by atoms with van der Waals surface area (Å²) in [5.74, 6) is 1.02. The molecule has 1 unspecified atom stereocenters. The van der Waals surface area contributed by atoms with Crippen LogP contribution in [0, 0.1) is 0 Å². The second-order valence-corrected chi connectivity index (χ2v) is 6.37. The third-order valence-electron chi connectivity index (χ3n) is 4.69. The van der Waals surface area contributed by atoms with Gasteiger partial charge in [-0.2, -0.15) is 0 Å². The Morgan fingerprint density at radius 3 is 2.35 bits per heavy atom. The van der Waals surface area contributed by atoms with Crippen molar-refractivity contribution >= 4 is 5.91 Å². The molecule has 2 rings (SSSR count). The molecule has 4 nitrogen and oxygen atoms in total. The van der Waals surface area contributed by atoms with E-state index < -0.39 is 0 Å². The number of carbonyl (C=O) groups excluding carboxylic acids is 1. The number of nitrogens with one attached hydrogen (secondary N) is 1. The number of amides is 1. The van der Waals surface area contributed by atoms with Gasteiger partial charge in [-0.3, -0.25) is 9.69 Å². The summed E-state index contributed by atoms with van der Waals surface area (Å²) in [5.41, 5.74) is 1.21. The number of carbonyl (C=O) groups is 1. The number of ether oxygens (including phenoxy) is 1. The van der Waals surface area contributed by atoms with Gasteiger partial charge in [-0.05, 0) is 57.0 Å². The number of rotatable bonds is 6. The Kier molecular flexibility index (Phi) is 7.40. The van der Waals surface area contributed by atoms with Crippen LogP contribution in [0.4, 0.5) is 0 Å². The second-order valence-electron chi connectivity index (χ2n) is 6.37. The Morgan fingerprint density at radius 2 is 1.74 bits per heavy atom. The lowest BCUT2D eigenvalue weighted by Gasteiger charge is -2.29. The molecule has 0 radical (unpaired) electrons. The zero-order valence-electron chi connectivity index (χ0n) is 14.5. The number of nitrogens with zero attached hydrogens (tertiary/aromatic N) is 1. The predicted octanol–water partition coefficient (Wildman–Crippen LogP) is 3.01. The molecular weight excluding hydrogens is 288 g/mol. The highest BCUT2D eigenvalue weighted by Gasteiger charge is 2.21. The van der Waals surface area contributed by atoms with Crippen LogP contribution in [0.3, 0.4) is 0 Å². The molecule has 4 heteroatoms. The summed E-state index contributed by atoms with van der Waals surface area (Å²) in [6.45, 7) is 4.81. The van der Waals surface area contributed by atoms with Gasteiger partial charge in [-0.15, -0.1) is 0 Å². The fraction of sp³-hybridized carbons (Fsp3) is 0.632. The van der Waals surface area contributed by atoms with E-state index in [4.69, 9.17) is 4.74 Å². The second kappa shape index (κ2) is 9.56. The van der Waals surface area contributed by atoms with Crippen LogP contribution in [0.15, 0.2) is 24.3 Å². The van der Waals surface area contributed by atoms with Crippen LogP contribution >= 0.6 is 0 Å².